The van der Waals surface area contributed by atoms with Crippen LogP contribution in [0.1, 0.15) is 18.5 Å². The van der Waals surface area contributed by atoms with Crippen LogP contribution in [0.5, 0.6) is 23.0 Å². The van der Waals surface area contributed by atoms with Gasteiger partial charge in [0.15, 0.2) is 11.5 Å². The molecule has 0 aliphatic carbocycles. The fourth-order valence-electron chi connectivity index (χ4n) is 3.70. The van der Waals surface area contributed by atoms with Crippen molar-refractivity contribution in [1.29, 1.82) is 0 Å². The summed E-state index contributed by atoms with van der Waals surface area (Å²) in [5.41, 5.74) is 0.754. The Bertz CT molecular complexity index is 1350. The van der Waals surface area contributed by atoms with Crippen LogP contribution >= 0.6 is 0 Å². The molecule has 0 heterocycles. The quantitative estimate of drug-likeness (QED) is 0.399. The van der Waals surface area contributed by atoms with E-state index in [1.54, 1.807) is 25.1 Å². The summed E-state index contributed by atoms with van der Waals surface area (Å²) in [5.74, 6) is 0.503. The number of carbonyl (C=O) groups is 1. The van der Waals surface area contributed by atoms with Crippen molar-refractivity contribution in [3.05, 3.63) is 72.0 Å². The van der Waals surface area contributed by atoms with Gasteiger partial charge in [0.25, 0.3) is 10.0 Å². The van der Waals surface area contributed by atoms with Gasteiger partial charge in [0.1, 0.15) is 23.9 Å². The van der Waals surface area contributed by atoms with Crippen LogP contribution in [0.2, 0.25) is 0 Å². The molecule has 1 N–H and O–H groups in total. The lowest BCUT2D eigenvalue weighted by atomic mass is 10.1. The second-order valence-corrected chi connectivity index (χ2v) is 9.76. The zero-order valence-corrected chi connectivity index (χ0v) is 22.0. The number of rotatable bonds is 11. The van der Waals surface area contributed by atoms with E-state index in [1.165, 1.54) is 58.8 Å². The molecule has 37 heavy (non-hydrogen) atoms. The highest BCUT2D eigenvalue weighted by molar-refractivity contribution is 7.92. The van der Waals surface area contributed by atoms with Crippen LogP contribution in [0.15, 0.2) is 65.6 Å². The molecule has 0 aliphatic heterocycles. The first kappa shape index (κ1) is 27.6. The molecule has 0 bridgehead atoms. The zero-order chi connectivity index (χ0) is 27.2. The van der Waals surface area contributed by atoms with Crippen LogP contribution < -0.4 is 28.6 Å². The topological polar surface area (TPSA) is 103 Å². The summed E-state index contributed by atoms with van der Waals surface area (Å²) in [6, 6.07) is 13.5. The molecule has 198 valence electrons. The maximum absolute atomic E-state index is 13.7. The molecular formula is C26H29FN2O7S. The van der Waals surface area contributed by atoms with Crippen LogP contribution in [0, 0.1) is 5.82 Å². The number of nitrogens with one attached hydrogen (secondary N) is 1. The fraction of sp³-hybridized carbons (Fsp3) is 0.269. The maximum Gasteiger partial charge on any atom is 0.264 e. The van der Waals surface area contributed by atoms with Gasteiger partial charge >= 0.3 is 0 Å². The number of ether oxygens (including phenoxy) is 4. The summed E-state index contributed by atoms with van der Waals surface area (Å²) in [5, 5.41) is 2.80. The van der Waals surface area contributed by atoms with Crippen LogP contribution in [-0.4, -0.2) is 49.3 Å². The molecule has 1 atom stereocenters. The average molecular weight is 533 g/mol. The Balaban J connectivity index is 1.95. The SMILES string of the molecule is COc1ccc(OC)c([C@@H](C)NC(=O)CN(c2ccc(F)cc2)S(=O)(=O)c2ccc(OC)c(OC)c2)c1. The Kier molecular flexibility index (Phi) is 8.82. The molecule has 0 saturated carbocycles. The minimum atomic E-state index is -4.27. The molecule has 0 fully saturated rings. The number of nitrogens with zero attached hydrogens (tertiary/aromatic N) is 1. The molecule has 0 saturated heterocycles. The van der Waals surface area contributed by atoms with E-state index in [-0.39, 0.29) is 16.3 Å². The molecule has 3 aromatic carbocycles. The van der Waals surface area contributed by atoms with Crippen molar-refractivity contribution in [1.82, 2.24) is 5.32 Å². The Morgan fingerprint density at radius 1 is 0.865 bits per heavy atom. The molecule has 9 nitrogen and oxygen atoms in total. The van der Waals surface area contributed by atoms with E-state index in [9.17, 15) is 17.6 Å². The molecular weight excluding hydrogens is 503 g/mol. The van der Waals surface area contributed by atoms with E-state index in [1.807, 2.05) is 0 Å². The summed E-state index contributed by atoms with van der Waals surface area (Å²) in [7, 11) is 1.57. The van der Waals surface area contributed by atoms with Gasteiger partial charge in [-0.2, -0.15) is 0 Å². The number of anilines is 1. The van der Waals surface area contributed by atoms with Crippen molar-refractivity contribution in [2.45, 2.75) is 17.9 Å². The number of hydrogen-bond donors (Lipinski definition) is 1. The highest BCUT2D eigenvalue weighted by Crippen LogP contribution is 2.33. The predicted molar refractivity (Wildman–Crippen MR) is 137 cm³/mol. The fourth-order valence-corrected chi connectivity index (χ4v) is 5.14. The van der Waals surface area contributed by atoms with Gasteiger partial charge in [-0.15, -0.1) is 0 Å². The summed E-state index contributed by atoms with van der Waals surface area (Å²) >= 11 is 0. The van der Waals surface area contributed by atoms with E-state index in [2.05, 4.69) is 5.32 Å². The number of hydrogen-bond acceptors (Lipinski definition) is 7. The lowest BCUT2D eigenvalue weighted by molar-refractivity contribution is -0.120. The molecule has 0 spiro atoms. The third-order valence-corrected chi connectivity index (χ3v) is 7.40. The Hall–Kier alpha value is -3.99. The van der Waals surface area contributed by atoms with E-state index < -0.39 is 34.3 Å². The van der Waals surface area contributed by atoms with Crippen molar-refractivity contribution in [3.63, 3.8) is 0 Å². The van der Waals surface area contributed by atoms with E-state index in [4.69, 9.17) is 18.9 Å². The van der Waals surface area contributed by atoms with E-state index in [0.29, 0.717) is 22.8 Å². The monoisotopic (exact) mass is 532 g/mol. The van der Waals surface area contributed by atoms with Gasteiger partial charge in [-0.3, -0.25) is 9.10 Å². The largest absolute Gasteiger partial charge is 0.497 e. The Morgan fingerprint density at radius 3 is 2.08 bits per heavy atom. The lowest BCUT2D eigenvalue weighted by Crippen LogP contribution is -2.41. The molecule has 0 aromatic heterocycles. The normalized spacial score (nSPS) is 11.8. The van der Waals surface area contributed by atoms with Crippen molar-refractivity contribution < 1.29 is 36.6 Å². The number of amides is 1. The summed E-state index contributed by atoms with van der Waals surface area (Å²) in [6.45, 7) is 1.17. The van der Waals surface area contributed by atoms with Crippen molar-refractivity contribution >= 4 is 21.6 Å². The van der Waals surface area contributed by atoms with E-state index >= 15 is 0 Å². The first-order valence-corrected chi connectivity index (χ1v) is 12.6. The van der Waals surface area contributed by atoms with Gasteiger partial charge in [-0.05, 0) is 61.5 Å². The van der Waals surface area contributed by atoms with Gasteiger partial charge in [-0.1, -0.05) is 0 Å². The summed E-state index contributed by atoms with van der Waals surface area (Å²) < 4.78 is 63.0. The number of halogens is 1. The molecule has 3 rings (SSSR count). The first-order chi connectivity index (χ1) is 17.6. The van der Waals surface area contributed by atoms with Gasteiger partial charge in [0.05, 0.1) is 45.1 Å². The van der Waals surface area contributed by atoms with Gasteiger partial charge < -0.3 is 24.3 Å². The van der Waals surface area contributed by atoms with Gasteiger partial charge in [0, 0.05) is 11.6 Å². The Labute approximate surface area is 215 Å². The number of carbonyl (C=O) groups excluding carboxylic acids is 1. The summed E-state index contributed by atoms with van der Waals surface area (Å²) in [6.07, 6.45) is 0. The van der Waals surface area contributed by atoms with Crippen molar-refractivity contribution in [2.75, 3.05) is 39.3 Å². The minimum absolute atomic E-state index is 0.109. The number of sulfonamides is 1. The second-order valence-electron chi connectivity index (χ2n) is 7.90. The summed E-state index contributed by atoms with van der Waals surface area (Å²) in [4.78, 5) is 13.0. The smallest absolute Gasteiger partial charge is 0.264 e. The third-order valence-electron chi connectivity index (χ3n) is 5.63. The molecule has 1 amide bonds. The average Bonchev–Trinajstić information content (AvgIpc) is 2.91. The standard InChI is InChI=1S/C26H29FN2O7S/c1-17(22-14-20(33-2)10-12-23(22)34-3)28-26(30)16-29(19-8-6-18(27)7-9-19)37(31,32)21-11-13-24(35-4)25(15-21)36-5/h6-15,17H,16H2,1-5H3,(H,28,30)/t17-/m1/s1. The minimum Gasteiger partial charge on any atom is -0.497 e. The van der Waals surface area contributed by atoms with Crippen LogP contribution in [0.3, 0.4) is 0 Å². The first-order valence-electron chi connectivity index (χ1n) is 11.2. The Morgan fingerprint density at radius 2 is 1.49 bits per heavy atom. The highest BCUT2D eigenvalue weighted by Gasteiger charge is 2.29. The number of benzene rings is 3. The lowest BCUT2D eigenvalue weighted by Gasteiger charge is -2.26. The van der Waals surface area contributed by atoms with Crippen LogP contribution in [0.25, 0.3) is 0 Å². The molecule has 11 heteroatoms. The van der Waals surface area contributed by atoms with Gasteiger partial charge in [-0.25, -0.2) is 12.8 Å². The molecule has 0 unspecified atom stereocenters. The molecule has 3 aromatic rings. The third kappa shape index (κ3) is 6.23. The second kappa shape index (κ2) is 11.8. The highest BCUT2D eigenvalue weighted by atomic mass is 32.2. The zero-order valence-electron chi connectivity index (χ0n) is 21.1. The van der Waals surface area contributed by atoms with Gasteiger partial charge in [0.2, 0.25) is 5.91 Å². The van der Waals surface area contributed by atoms with Crippen molar-refractivity contribution in [2.24, 2.45) is 0 Å². The van der Waals surface area contributed by atoms with E-state index in [0.717, 1.165) is 16.4 Å². The maximum atomic E-state index is 13.7. The van der Waals surface area contributed by atoms with Crippen LogP contribution in [0.4, 0.5) is 10.1 Å². The van der Waals surface area contributed by atoms with Crippen molar-refractivity contribution in [3.8, 4) is 23.0 Å². The molecule has 0 aliphatic rings. The number of methoxy groups -OCH3 is 4. The molecule has 0 radical (unpaired) electrons. The predicted octanol–water partition coefficient (Wildman–Crippen LogP) is 3.93. The van der Waals surface area contributed by atoms with Crippen LogP contribution in [-0.2, 0) is 14.8 Å².